The third-order valence-corrected chi connectivity index (χ3v) is 6.53. The number of aromatic nitrogens is 3. The highest BCUT2D eigenvalue weighted by molar-refractivity contribution is 5.82. The number of nitrogens with one attached hydrogen (secondary N) is 1. The molecule has 5 rings (SSSR count). The molecular weight excluding hydrogens is 404 g/mol. The van der Waals surface area contributed by atoms with Crippen molar-refractivity contribution in [1.29, 1.82) is 0 Å². The molecule has 0 saturated carbocycles. The molecule has 0 spiro atoms. The molecule has 168 valence electrons. The maximum Gasteiger partial charge on any atom is 0.260 e. The number of rotatable bonds is 4. The van der Waals surface area contributed by atoms with Crippen LogP contribution >= 0.6 is 0 Å². The van der Waals surface area contributed by atoms with Crippen molar-refractivity contribution in [3.63, 3.8) is 0 Å². The van der Waals surface area contributed by atoms with Crippen molar-refractivity contribution in [2.24, 2.45) is 0 Å². The van der Waals surface area contributed by atoms with Crippen molar-refractivity contribution in [3.8, 4) is 11.1 Å². The van der Waals surface area contributed by atoms with E-state index in [-0.39, 0.29) is 11.6 Å². The number of hydrogen-bond acceptors (Lipinski definition) is 7. The number of anilines is 1. The Kier molecular flexibility index (Phi) is 5.91. The minimum Gasteiger partial charge on any atom is -0.381 e. The van der Waals surface area contributed by atoms with Crippen LogP contribution in [0.4, 0.5) is 5.95 Å². The summed E-state index contributed by atoms with van der Waals surface area (Å²) in [6.45, 7) is 7.14. The van der Waals surface area contributed by atoms with Crippen molar-refractivity contribution in [2.75, 3.05) is 51.9 Å². The Morgan fingerprint density at radius 3 is 2.56 bits per heavy atom. The quantitative estimate of drug-likeness (QED) is 0.677. The van der Waals surface area contributed by atoms with Gasteiger partial charge in [0.1, 0.15) is 5.65 Å². The second kappa shape index (κ2) is 8.97. The molecule has 0 aliphatic carbocycles. The summed E-state index contributed by atoms with van der Waals surface area (Å²) >= 11 is 0. The standard InChI is InChI=1S/C24H30N6O2/c1-17-5-3-4-6-20(17)21-15-18-16-25-24(27-29-11-9-28(2)10-12-29)26-22(18)30(23(21)31)19-7-13-32-14-8-19/h3-6,15-16,19H,7-14H2,1-2H3,(H,25,26,27). The first-order valence-corrected chi connectivity index (χ1v) is 11.4. The first-order chi connectivity index (χ1) is 15.6. The van der Waals surface area contributed by atoms with Gasteiger partial charge in [0.25, 0.3) is 5.56 Å². The zero-order valence-electron chi connectivity index (χ0n) is 18.8. The molecule has 32 heavy (non-hydrogen) atoms. The Bertz CT molecular complexity index is 1160. The summed E-state index contributed by atoms with van der Waals surface area (Å²) in [6, 6.07) is 10.0. The van der Waals surface area contributed by atoms with Crippen LogP contribution in [0.5, 0.6) is 0 Å². The van der Waals surface area contributed by atoms with Gasteiger partial charge in [-0.25, -0.2) is 9.99 Å². The van der Waals surface area contributed by atoms with Crippen molar-refractivity contribution < 1.29 is 4.74 Å². The predicted molar refractivity (Wildman–Crippen MR) is 126 cm³/mol. The van der Waals surface area contributed by atoms with Gasteiger partial charge in [-0.2, -0.15) is 4.98 Å². The van der Waals surface area contributed by atoms with Crippen LogP contribution in [0.1, 0.15) is 24.4 Å². The highest BCUT2D eigenvalue weighted by Crippen LogP contribution is 2.28. The zero-order valence-corrected chi connectivity index (χ0v) is 18.8. The molecule has 0 unspecified atom stereocenters. The average molecular weight is 435 g/mol. The van der Waals surface area contributed by atoms with Crippen LogP contribution < -0.4 is 11.0 Å². The van der Waals surface area contributed by atoms with Gasteiger partial charge in [0.05, 0.1) is 0 Å². The van der Waals surface area contributed by atoms with Crippen molar-refractivity contribution in [1.82, 2.24) is 24.4 Å². The number of hydrazine groups is 1. The zero-order chi connectivity index (χ0) is 22.1. The van der Waals surface area contributed by atoms with E-state index in [1.165, 1.54) is 0 Å². The summed E-state index contributed by atoms with van der Waals surface area (Å²) in [6.07, 6.45) is 3.44. The van der Waals surface area contributed by atoms with Crippen LogP contribution in [-0.4, -0.2) is 70.9 Å². The summed E-state index contributed by atoms with van der Waals surface area (Å²) in [7, 11) is 2.13. The molecular formula is C24H30N6O2. The fraction of sp³-hybridized carbons (Fsp3) is 0.458. The minimum absolute atomic E-state index is 0.00273. The van der Waals surface area contributed by atoms with E-state index in [4.69, 9.17) is 9.72 Å². The molecule has 2 aliphatic rings. The second-order valence-electron chi connectivity index (χ2n) is 8.77. The largest absolute Gasteiger partial charge is 0.381 e. The van der Waals surface area contributed by atoms with Crippen LogP contribution in [0.15, 0.2) is 41.3 Å². The van der Waals surface area contributed by atoms with Crippen molar-refractivity contribution in [3.05, 3.63) is 52.4 Å². The van der Waals surface area contributed by atoms with E-state index in [1.54, 1.807) is 0 Å². The fourth-order valence-corrected chi connectivity index (χ4v) is 4.58. The molecule has 1 aromatic carbocycles. The van der Waals surface area contributed by atoms with Gasteiger partial charge >= 0.3 is 0 Å². The number of likely N-dealkylation sites (N-methyl/N-ethyl adjacent to an activating group) is 1. The van der Waals surface area contributed by atoms with E-state index in [1.807, 2.05) is 48.0 Å². The van der Waals surface area contributed by atoms with Gasteiger partial charge in [0.15, 0.2) is 0 Å². The molecule has 3 aromatic rings. The maximum atomic E-state index is 13.8. The minimum atomic E-state index is 0.00273. The third-order valence-electron chi connectivity index (χ3n) is 6.53. The molecule has 0 radical (unpaired) electrons. The summed E-state index contributed by atoms with van der Waals surface area (Å²) in [5.74, 6) is 0.533. The van der Waals surface area contributed by atoms with Gasteiger partial charge in [0, 0.05) is 62.6 Å². The Hall–Kier alpha value is -2.81. The van der Waals surface area contributed by atoms with E-state index in [0.717, 1.165) is 55.5 Å². The third kappa shape index (κ3) is 4.13. The lowest BCUT2D eigenvalue weighted by Gasteiger charge is -2.32. The van der Waals surface area contributed by atoms with Crippen LogP contribution in [0.2, 0.25) is 0 Å². The number of piperazine rings is 1. The Morgan fingerprint density at radius 1 is 1.06 bits per heavy atom. The molecule has 8 heteroatoms. The van der Waals surface area contributed by atoms with E-state index >= 15 is 0 Å². The lowest BCUT2D eigenvalue weighted by Crippen LogP contribution is -2.47. The molecule has 2 fully saturated rings. The molecule has 8 nitrogen and oxygen atoms in total. The highest BCUT2D eigenvalue weighted by Gasteiger charge is 2.23. The van der Waals surface area contributed by atoms with Crippen molar-refractivity contribution >= 4 is 17.0 Å². The number of hydrogen-bond donors (Lipinski definition) is 1. The number of ether oxygens (including phenoxy) is 1. The Labute approximate surface area is 187 Å². The summed E-state index contributed by atoms with van der Waals surface area (Å²) in [4.78, 5) is 25.5. The number of aryl methyl sites for hydroxylation is 1. The lowest BCUT2D eigenvalue weighted by molar-refractivity contribution is 0.0697. The van der Waals surface area contributed by atoms with Crippen LogP contribution in [0, 0.1) is 6.92 Å². The van der Waals surface area contributed by atoms with Crippen LogP contribution in [0.3, 0.4) is 0 Å². The maximum absolute atomic E-state index is 13.8. The van der Waals surface area contributed by atoms with Crippen molar-refractivity contribution in [2.45, 2.75) is 25.8 Å². The molecule has 2 aromatic heterocycles. The Balaban J connectivity index is 1.60. The smallest absolute Gasteiger partial charge is 0.260 e. The lowest BCUT2D eigenvalue weighted by atomic mass is 10.00. The van der Waals surface area contributed by atoms with Gasteiger partial charge < -0.3 is 9.64 Å². The topological polar surface area (TPSA) is 75.5 Å². The fourth-order valence-electron chi connectivity index (χ4n) is 4.58. The van der Waals surface area contributed by atoms with E-state index in [2.05, 4.69) is 27.4 Å². The molecule has 0 amide bonds. The summed E-state index contributed by atoms with van der Waals surface area (Å²) in [5.41, 5.74) is 6.77. The Morgan fingerprint density at radius 2 is 1.81 bits per heavy atom. The number of benzene rings is 1. The summed E-state index contributed by atoms with van der Waals surface area (Å²) < 4.78 is 7.45. The first-order valence-electron chi connectivity index (χ1n) is 11.4. The molecule has 2 saturated heterocycles. The van der Waals surface area contributed by atoms with Gasteiger partial charge in [-0.3, -0.25) is 14.8 Å². The predicted octanol–water partition coefficient (Wildman–Crippen LogP) is 2.69. The first kappa shape index (κ1) is 21.1. The van der Waals surface area contributed by atoms with E-state index in [0.29, 0.717) is 30.4 Å². The monoisotopic (exact) mass is 434 g/mol. The van der Waals surface area contributed by atoms with Crippen LogP contribution in [-0.2, 0) is 4.74 Å². The molecule has 1 N–H and O–H groups in total. The summed E-state index contributed by atoms with van der Waals surface area (Å²) in [5, 5.41) is 3.01. The van der Waals surface area contributed by atoms with Gasteiger partial charge in [0.2, 0.25) is 5.95 Å². The molecule has 0 atom stereocenters. The van der Waals surface area contributed by atoms with Gasteiger partial charge in [-0.15, -0.1) is 0 Å². The normalized spacial score (nSPS) is 18.8. The van der Waals surface area contributed by atoms with Crippen LogP contribution in [0.25, 0.3) is 22.2 Å². The van der Waals surface area contributed by atoms with Gasteiger partial charge in [-0.05, 0) is 44.0 Å². The molecule has 0 bridgehead atoms. The van der Waals surface area contributed by atoms with E-state index in [9.17, 15) is 4.79 Å². The van der Waals surface area contributed by atoms with Gasteiger partial charge in [-0.1, -0.05) is 24.3 Å². The average Bonchev–Trinajstić information content (AvgIpc) is 2.81. The highest BCUT2D eigenvalue weighted by atomic mass is 16.5. The number of nitrogens with zero attached hydrogens (tertiary/aromatic N) is 5. The molecule has 2 aliphatic heterocycles. The molecule has 4 heterocycles. The SMILES string of the molecule is Cc1ccccc1-c1cc2cnc(NN3CCN(C)CC3)nc2n(C2CCOCC2)c1=O. The number of fused-ring (bicyclic) bond motifs is 1. The number of pyridine rings is 1. The van der Waals surface area contributed by atoms with E-state index < -0.39 is 0 Å². The second-order valence-corrected chi connectivity index (χ2v) is 8.77.